The highest BCUT2D eigenvalue weighted by Gasteiger charge is 2.19. The van der Waals surface area contributed by atoms with Gasteiger partial charge in [-0.2, -0.15) is 0 Å². The van der Waals surface area contributed by atoms with Gasteiger partial charge >= 0.3 is 0 Å². The molecule has 6 heteroatoms. The van der Waals surface area contributed by atoms with Gasteiger partial charge in [-0.3, -0.25) is 4.79 Å². The number of amides is 1. The van der Waals surface area contributed by atoms with Crippen molar-refractivity contribution in [3.63, 3.8) is 0 Å². The molecular weight excluding hydrogens is 304 g/mol. The van der Waals surface area contributed by atoms with E-state index in [-0.39, 0.29) is 12.0 Å². The van der Waals surface area contributed by atoms with Crippen LogP contribution in [0.4, 0.5) is 0 Å². The lowest BCUT2D eigenvalue weighted by molar-refractivity contribution is 0.0238. The summed E-state index contributed by atoms with van der Waals surface area (Å²) in [5.41, 5.74) is 0.489. The maximum absolute atomic E-state index is 12.3. The first-order chi connectivity index (χ1) is 10.6. The van der Waals surface area contributed by atoms with Gasteiger partial charge in [-0.05, 0) is 12.5 Å². The van der Waals surface area contributed by atoms with Crippen LogP contribution in [-0.2, 0) is 4.74 Å². The van der Waals surface area contributed by atoms with Gasteiger partial charge in [-0.15, -0.1) is 0 Å². The average Bonchev–Trinajstić information content (AvgIpc) is 2.54. The highest BCUT2D eigenvalue weighted by molar-refractivity contribution is 6.32. The highest BCUT2D eigenvalue weighted by atomic mass is 35.5. The van der Waals surface area contributed by atoms with Gasteiger partial charge in [-0.25, -0.2) is 4.98 Å². The summed E-state index contributed by atoms with van der Waals surface area (Å²) >= 11 is 6.21. The van der Waals surface area contributed by atoms with Crippen molar-refractivity contribution in [1.29, 1.82) is 0 Å². The molecule has 0 aliphatic carbocycles. The molecule has 0 radical (unpaired) electrons. The van der Waals surface area contributed by atoms with E-state index in [9.17, 15) is 4.79 Å². The van der Waals surface area contributed by atoms with Gasteiger partial charge in [0.1, 0.15) is 11.1 Å². The lowest BCUT2D eigenvalue weighted by Crippen LogP contribution is -2.28. The molecule has 0 aromatic carbocycles. The van der Waals surface area contributed by atoms with Crippen molar-refractivity contribution in [2.75, 3.05) is 26.8 Å². The predicted molar refractivity (Wildman–Crippen MR) is 85.6 cm³/mol. The molecule has 0 atom stereocenters. The second kappa shape index (κ2) is 8.34. The molecule has 5 nitrogen and oxygen atoms in total. The molecule has 1 amide bonds. The Morgan fingerprint density at radius 1 is 1.50 bits per heavy atom. The number of aromatic nitrogens is 1. The van der Waals surface area contributed by atoms with Gasteiger partial charge in [0, 0.05) is 32.6 Å². The molecule has 2 heterocycles. The molecule has 2 rings (SSSR count). The summed E-state index contributed by atoms with van der Waals surface area (Å²) < 4.78 is 11.1. The lowest BCUT2D eigenvalue weighted by Gasteiger charge is -2.23. The zero-order chi connectivity index (χ0) is 15.9. The van der Waals surface area contributed by atoms with E-state index in [1.807, 2.05) is 0 Å². The molecule has 1 aliphatic heterocycles. The van der Waals surface area contributed by atoms with Crippen LogP contribution in [0.5, 0.6) is 5.88 Å². The molecule has 122 valence electrons. The first-order valence-electron chi connectivity index (χ1n) is 7.77. The van der Waals surface area contributed by atoms with Crippen molar-refractivity contribution in [2.24, 2.45) is 0 Å². The van der Waals surface area contributed by atoms with Crippen LogP contribution in [0.25, 0.3) is 0 Å². The number of nitrogens with zero attached hydrogens (tertiary/aromatic N) is 2. The van der Waals surface area contributed by atoms with Crippen LogP contribution in [0.2, 0.25) is 5.02 Å². The van der Waals surface area contributed by atoms with Gasteiger partial charge in [0.2, 0.25) is 5.88 Å². The Labute approximate surface area is 136 Å². The highest BCUT2D eigenvalue weighted by Crippen LogP contribution is 2.26. The summed E-state index contributed by atoms with van der Waals surface area (Å²) in [6.07, 6.45) is 5.30. The fraction of sp³-hybridized carbons (Fsp3) is 0.625. The number of hydrogen-bond acceptors (Lipinski definition) is 4. The fourth-order valence-corrected chi connectivity index (χ4v) is 2.51. The molecule has 1 aromatic heterocycles. The topological polar surface area (TPSA) is 51.7 Å². The minimum Gasteiger partial charge on any atom is -0.473 e. The molecule has 0 spiro atoms. The van der Waals surface area contributed by atoms with E-state index in [1.165, 1.54) is 6.20 Å². The largest absolute Gasteiger partial charge is 0.473 e. The van der Waals surface area contributed by atoms with Gasteiger partial charge in [0.25, 0.3) is 5.91 Å². The number of unbranched alkanes of at least 4 members (excludes halogenated alkanes) is 1. The lowest BCUT2D eigenvalue weighted by atomic mass is 10.1. The first kappa shape index (κ1) is 17.0. The van der Waals surface area contributed by atoms with Gasteiger partial charge in [0.15, 0.2) is 0 Å². The number of rotatable bonds is 6. The Hall–Kier alpha value is -1.33. The molecule has 0 N–H and O–H groups in total. The first-order valence-corrected chi connectivity index (χ1v) is 8.15. The van der Waals surface area contributed by atoms with Crippen LogP contribution in [0.1, 0.15) is 43.0 Å². The number of carbonyl (C=O) groups is 1. The number of ether oxygens (including phenoxy) is 2. The summed E-state index contributed by atoms with van der Waals surface area (Å²) in [6.45, 7) is 4.22. The molecular formula is C16H23ClN2O3. The minimum atomic E-state index is -0.0690. The van der Waals surface area contributed by atoms with E-state index in [2.05, 4.69) is 11.9 Å². The van der Waals surface area contributed by atoms with E-state index in [0.29, 0.717) is 29.7 Å². The van der Waals surface area contributed by atoms with Crippen LogP contribution >= 0.6 is 11.6 Å². The van der Waals surface area contributed by atoms with Crippen molar-refractivity contribution in [2.45, 2.75) is 38.7 Å². The molecule has 1 aliphatic rings. The fourth-order valence-electron chi connectivity index (χ4n) is 2.30. The van der Waals surface area contributed by atoms with E-state index in [1.54, 1.807) is 18.0 Å². The third-order valence-electron chi connectivity index (χ3n) is 3.69. The van der Waals surface area contributed by atoms with Gasteiger partial charge < -0.3 is 14.4 Å². The predicted octanol–water partition coefficient (Wildman–Crippen LogP) is 3.16. The molecule has 0 bridgehead atoms. The Bertz CT molecular complexity index is 504. The number of halogens is 1. The summed E-state index contributed by atoms with van der Waals surface area (Å²) in [5, 5.41) is 0.376. The third-order valence-corrected chi connectivity index (χ3v) is 3.97. The number of hydrogen-bond donors (Lipinski definition) is 0. The van der Waals surface area contributed by atoms with Crippen molar-refractivity contribution < 1.29 is 14.3 Å². The maximum atomic E-state index is 12.3. The van der Waals surface area contributed by atoms with Crippen LogP contribution in [0.15, 0.2) is 12.3 Å². The standard InChI is InChI=1S/C16H23ClN2O3/c1-3-4-7-19(2)16(20)12-10-14(17)15(18-11-12)22-13-5-8-21-9-6-13/h10-11,13H,3-9H2,1-2H3. The summed E-state index contributed by atoms with van der Waals surface area (Å²) in [7, 11) is 1.79. The quantitative estimate of drug-likeness (QED) is 0.805. The second-order valence-electron chi connectivity index (χ2n) is 5.52. The van der Waals surface area contributed by atoms with E-state index < -0.39 is 0 Å². The van der Waals surface area contributed by atoms with Gasteiger partial charge in [0.05, 0.1) is 18.8 Å². The molecule has 1 fully saturated rings. The number of pyridine rings is 1. The van der Waals surface area contributed by atoms with Crippen LogP contribution in [-0.4, -0.2) is 48.7 Å². The van der Waals surface area contributed by atoms with Crippen molar-refractivity contribution in [3.8, 4) is 5.88 Å². The molecule has 0 saturated carbocycles. The molecule has 1 aromatic rings. The molecule has 22 heavy (non-hydrogen) atoms. The van der Waals surface area contributed by atoms with Crippen LogP contribution in [0, 0.1) is 0 Å². The van der Waals surface area contributed by atoms with Crippen LogP contribution in [0.3, 0.4) is 0 Å². The average molecular weight is 327 g/mol. The maximum Gasteiger partial charge on any atom is 0.255 e. The summed E-state index contributed by atoms with van der Waals surface area (Å²) in [4.78, 5) is 18.2. The van der Waals surface area contributed by atoms with Crippen molar-refractivity contribution >= 4 is 17.5 Å². The van der Waals surface area contributed by atoms with Crippen LogP contribution < -0.4 is 4.74 Å². The zero-order valence-electron chi connectivity index (χ0n) is 13.2. The van der Waals surface area contributed by atoms with Gasteiger partial charge in [-0.1, -0.05) is 24.9 Å². The Morgan fingerprint density at radius 2 is 2.23 bits per heavy atom. The Balaban J connectivity index is 2.00. The third kappa shape index (κ3) is 4.58. The van der Waals surface area contributed by atoms with Crippen molar-refractivity contribution in [3.05, 3.63) is 22.8 Å². The SMILES string of the molecule is CCCCN(C)C(=O)c1cnc(OC2CCOCC2)c(Cl)c1. The zero-order valence-corrected chi connectivity index (χ0v) is 13.9. The Kier molecular flexibility index (Phi) is 6.46. The molecule has 0 unspecified atom stereocenters. The Morgan fingerprint density at radius 3 is 2.86 bits per heavy atom. The smallest absolute Gasteiger partial charge is 0.255 e. The summed E-state index contributed by atoms with van der Waals surface area (Å²) in [6, 6.07) is 1.63. The van der Waals surface area contributed by atoms with E-state index in [4.69, 9.17) is 21.1 Å². The normalized spacial score (nSPS) is 15.6. The van der Waals surface area contributed by atoms with Crippen molar-refractivity contribution in [1.82, 2.24) is 9.88 Å². The van der Waals surface area contributed by atoms with E-state index >= 15 is 0 Å². The minimum absolute atomic E-state index is 0.0690. The molecule has 1 saturated heterocycles. The number of carbonyl (C=O) groups excluding carboxylic acids is 1. The summed E-state index contributed by atoms with van der Waals surface area (Å²) in [5.74, 6) is 0.321. The monoisotopic (exact) mass is 326 g/mol. The second-order valence-corrected chi connectivity index (χ2v) is 5.93. The van der Waals surface area contributed by atoms with E-state index in [0.717, 1.165) is 32.2 Å².